The van der Waals surface area contributed by atoms with Crippen LogP contribution < -0.4 is 4.74 Å². The normalized spacial score (nSPS) is 16.0. The van der Waals surface area contributed by atoms with E-state index in [2.05, 4.69) is 15.9 Å². The highest BCUT2D eigenvalue weighted by Crippen LogP contribution is 2.22. The average Bonchev–Trinajstić information content (AvgIpc) is 2.68. The molecule has 3 nitrogen and oxygen atoms in total. The molecular formula is C14H17BrFNO2. The Morgan fingerprint density at radius 1 is 1.26 bits per heavy atom. The highest BCUT2D eigenvalue weighted by Gasteiger charge is 2.16. The minimum absolute atomic E-state index is 0.0683. The molecule has 104 valence electrons. The second kappa shape index (κ2) is 6.89. The number of nitrogens with zero attached hydrogens (tertiary/aromatic N) is 1. The number of ether oxygens (including phenoxy) is 1. The van der Waals surface area contributed by atoms with Crippen LogP contribution in [0, 0.1) is 5.82 Å². The maximum Gasteiger partial charge on any atom is 0.260 e. The van der Waals surface area contributed by atoms with Gasteiger partial charge in [-0.3, -0.25) is 4.79 Å². The zero-order valence-corrected chi connectivity index (χ0v) is 12.3. The van der Waals surface area contributed by atoms with Gasteiger partial charge in [-0.2, -0.15) is 0 Å². The maximum atomic E-state index is 13.5. The first kappa shape index (κ1) is 14.3. The number of benzene rings is 1. The number of amides is 1. The minimum atomic E-state index is -0.452. The van der Waals surface area contributed by atoms with Gasteiger partial charge >= 0.3 is 0 Å². The molecule has 1 aromatic carbocycles. The van der Waals surface area contributed by atoms with E-state index >= 15 is 0 Å². The van der Waals surface area contributed by atoms with E-state index < -0.39 is 5.82 Å². The lowest BCUT2D eigenvalue weighted by Crippen LogP contribution is -2.35. The Morgan fingerprint density at radius 3 is 2.63 bits per heavy atom. The number of hydrogen-bond acceptors (Lipinski definition) is 2. The van der Waals surface area contributed by atoms with Gasteiger partial charge < -0.3 is 9.64 Å². The largest absolute Gasteiger partial charge is 0.481 e. The van der Waals surface area contributed by atoms with E-state index in [1.54, 1.807) is 6.07 Å². The highest BCUT2D eigenvalue weighted by molar-refractivity contribution is 9.10. The summed E-state index contributed by atoms with van der Waals surface area (Å²) in [5, 5.41) is 0. The van der Waals surface area contributed by atoms with Crippen LogP contribution in [0.1, 0.15) is 25.7 Å². The fraction of sp³-hybridized carbons (Fsp3) is 0.500. The van der Waals surface area contributed by atoms with Crippen LogP contribution in [0.15, 0.2) is 22.7 Å². The van der Waals surface area contributed by atoms with E-state index in [0.717, 1.165) is 30.4 Å². The molecule has 1 saturated heterocycles. The third kappa shape index (κ3) is 4.20. The molecule has 0 aliphatic carbocycles. The van der Waals surface area contributed by atoms with Gasteiger partial charge in [0.15, 0.2) is 18.2 Å². The molecule has 1 aliphatic rings. The van der Waals surface area contributed by atoms with E-state index in [1.807, 2.05) is 4.90 Å². The summed E-state index contributed by atoms with van der Waals surface area (Å²) in [5.41, 5.74) is 0. The predicted molar refractivity (Wildman–Crippen MR) is 74.6 cm³/mol. The van der Waals surface area contributed by atoms with E-state index in [9.17, 15) is 9.18 Å². The highest BCUT2D eigenvalue weighted by atomic mass is 79.9. The van der Waals surface area contributed by atoms with Crippen molar-refractivity contribution < 1.29 is 13.9 Å². The summed E-state index contributed by atoms with van der Waals surface area (Å²) in [6.07, 6.45) is 4.42. The molecule has 5 heteroatoms. The van der Waals surface area contributed by atoms with Crippen LogP contribution in [-0.4, -0.2) is 30.5 Å². The van der Waals surface area contributed by atoms with Crippen LogP contribution in [0.2, 0.25) is 0 Å². The van der Waals surface area contributed by atoms with Crippen LogP contribution in [0.3, 0.4) is 0 Å². The Hall–Kier alpha value is -1.10. The second-order valence-electron chi connectivity index (χ2n) is 4.66. The SMILES string of the molecule is O=C(COc1cc(Br)ccc1F)N1CCCCCC1. The molecule has 0 unspecified atom stereocenters. The Morgan fingerprint density at radius 2 is 1.95 bits per heavy atom. The number of carbonyl (C=O) groups is 1. The maximum absolute atomic E-state index is 13.5. The van der Waals surface area contributed by atoms with E-state index in [0.29, 0.717) is 0 Å². The molecule has 1 aromatic rings. The van der Waals surface area contributed by atoms with Gasteiger partial charge in [-0.1, -0.05) is 28.8 Å². The Balaban J connectivity index is 1.90. The lowest BCUT2D eigenvalue weighted by atomic mass is 10.2. The van der Waals surface area contributed by atoms with Gasteiger partial charge in [0.2, 0.25) is 0 Å². The van der Waals surface area contributed by atoms with Crippen LogP contribution in [-0.2, 0) is 4.79 Å². The molecule has 1 fully saturated rings. The summed E-state index contributed by atoms with van der Waals surface area (Å²) in [6, 6.07) is 4.44. The molecule has 1 heterocycles. The Bertz CT molecular complexity index is 445. The van der Waals surface area contributed by atoms with Crippen molar-refractivity contribution >= 4 is 21.8 Å². The monoisotopic (exact) mass is 329 g/mol. The van der Waals surface area contributed by atoms with Gasteiger partial charge in [0.25, 0.3) is 5.91 Å². The zero-order valence-electron chi connectivity index (χ0n) is 10.7. The molecule has 0 N–H and O–H groups in total. The van der Waals surface area contributed by atoms with E-state index in [1.165, 1.54) is 25.0 Å². The number of halogens is 2. The van der Waals surface area contributed by atoms with Crippen molar-refractivity contribution in [2.75, 3.05) is 19.7 Å². The van der Waals surface area contributed by atoms with Crippen LogP contribution in [0.4, 0.5) is 4.39 Å². The molecule has 0 atom stereocenters. The van der Waals surface area contributed by atoms with Crippen molar-refractivity contribution in [3.05, 3.63) is 28.5 Å². The van der Waals surface area contributed by atoms with Gasteiger partial charge in [0, 0.05) is 17.6 Å². The quantitative estimate of drug-likeness (QED) is 0.850. The lowest BCUT2D eigenvalue weighted by Gasteiger charge is -2.20. The van der Waals surface area contributed by atoms with Crippen LogP contribution in [0.25, 0.3) is 0 Å². The summed E-state index contributed by atoms with van der Waals surface area (Å²) < 4.78 is 19.5. The molecule has 0 saturated carbocycles. The number of hydrogen-bond donors (Lipinski definition) is 0. The van der Waals surface area contributed by atoms with E-state index in [4.69, 9.17) is 4.74 Å². The third-order valence-electron chi connectivity index (χ3n) is 3.20. The van der Waals surface area contributed by atoms with Crippen molar-refractivity contribution in [3.8, 4) is 5.75 Å². The van der Waals surface area contributed by atoms with Gasteiger partial charge in [-0.25, -0.2) is 4.39 Å². The summed E-state index contributed by atoms with van der Waals surface area (Å²) in [7, 11) is 0. The molecule has 0 aromatic heterocycles. The second-order valence-corrected chi connectivity index (χ2v) is 5.57. The first-order valence-corrected chi connectivity index (χ1v) is 7.32. The van der Waals surface area contributed by atoms with Crippen molar-refractivity contribution in [2.24, 2.45) is 0 Å². The summed E-state index contributed by atoms with van der Waals surface area (Å²) in [5.74, 6) is -0.411. The minimum Gasteiger partial charge on any atom is -0.481 e. The molecular weight excluding hydrogens is 313 g/mol. The van der Waals surface area contributed by atoms with E-state index in [-0.39, 0.29) is 18.3 Å². The van der Waals surface area contributed by atoms with Gasteiger partial charge in [0.1, 0.15) is 0 Å². The van der Waals surface area contributed by atoms with Crippen molar-refractivity contribution in [1.29, 1.82) is 0 Å². The summed E-state index contributed by atoms with van der Waals surface area (Å²) in [4.78, 5) is 13.8. The molecule has 1 amide bonds. The number of likely N-dealkylation sites (tertiary alicyclic amines) is 1. The summed E-state index contributed by atoms with van der Waals surface area (Å²) >= 11 is 3.25. The molecule has 0 spiro atoms. The third-order valence-corrected chi connectivity index (χ3v) is 3.70. The Kier molecular flexibility index (Phi) is 5.19. The van der Waals surface area contributed by atoms with Crippen molar-refractivity contribution in [1.82, 2.24) is 4.90 Å². The Labute approximate surface area is 120 Å². The first-order valence-electron chi connectivity index (χ1n) is 6.52. The average molecular weight is 330 g/mol. The predicted octanol–water partition coefficient (Wildman–Crippen LogP) is 3.37. The number of rotatable bonds is 3. The van der Waals surface area contributed by atoms with Gasteiger partial charge in [-0.05, 0) is 31.0 Å². The molecule has 0 radical (unpaired) electrons. The molecule has 0 bridgehead atoms. The summed E-state index contributed by atoms with van der Waals surface area (Å²) in [6.45, 7) is 1.46. The van der Waals surface area contributed by atoms with Crippen LogP contribution >= 0.6 is 15.9 Å². The van der Waals surface area contributed by atoms with Crippen molar-refractivity contribution in [2.45, 2.75) is 25.7 Å². The fourth-order valence-electron chi connectivity index (χ4n) is 2.14. The number of carbonyl (C=O) groups excluding carboxylic acids is 1. The van der Waals surface area contributed by atoms with Gasteiger partial charge in [-0.15, -0.1) is 0 Å². The molecule has 19 heavy (non-hydrogen) atoms. The van der Waals surface area contributed by atoms with Crippen molar-refractivity contribution in [3.63, 3.8) is 0 Å². The lowest BCUT2D eigenvalue weighted by molar-refractivity contribution is -0.133. The fourth-order valence-corrected chi connectivity index (χ4v) is 2.48. The van der Waals surface area contributed by atoms with Crippen LogP contribution in [0.5, 0.6) is 5.75 Å². The van der Waals surface area contributed by atoms with Gasteiger partial charge in [0.05, 0.1) is 0 Å². The first-order chi connectivity index (χ1) is 9.16. The topological polar surface area (TPSA) is 29.5 Å². The molecule has 1 aliphatic heterocycles. The molecule has 2 rings (SSSR count). The zero-order chi connectivity index (χ0) is 13.7. The standard InChI is InChI=1S/C14H17BrFNO2/c15-11-5-6-12(16)13(9-11)19-10-14(18)17-7-3-1-2-4-8-17/h5-6,9H,1-4,7-8,10H2. The smallest absolute Gasteiger partial charge is 0.260 e.